The minimum Gasteiger partial charge on any atom is -0.444 e. The molecule has 8 nitrogen and oxygen atoms in total. The second-order valence-corrected chi connectivity index (χ2v) is 11.5. The molecule has 1 saturated heterocycles. The molecule has 2 aromatic carbocycles. The molecule has 0 saturated carbocycles. The van der Waals surface area contributed by atoms with Crippen LogP contribution in [-0.2, 0) is 25.5 Å². The van der Waals surface area contributed by atoms with E-state index in [0.717, 1.165) is 18.3 Å². The molecule has 4 rings (SSSR count). The number of nitrogens with one attached hydrogen (secondary N) is 1. The van der Waals surface area contributed by atoms with Crippen LogP contribution in [0.15, 0.2) is 54.9 Å². The molecule has 0 bridgehead atoms. The first-order valence-corrected chi connectivity index (χ1v) is 14.0. The van der Waals surface area contributed by atoms with Gasteiger partial charge >= 0.3 is 6.09 Å². The Labute approximate surface area is 252 Å². The fraction of sp³-hybridized carbons (Fsp3) is 0.375. The summed E-state index contributed by atoms with van der Waals surface area (Å²) in [6, 6.07) is 7.28. The summed E-state index contributed by atoms with van der Waals surface area (Å²) >= 11 is 0. The Kier molecular flexibility index (Phi) is 10.4. The van der Waals surface area contributed by atoms with Gasteiger partial charge in [-0.15, -0.1) is 0 Å². The average molecular weight is 616 g/mol. The number of hydrogen-bond acceptors (Lipinski definition) is 6. The van der Waals surface area contributed by atoms with Crippen molar-refractivity contribution in [3.63, 3.8) is 0 Å². The molecule has 0 spiro atoms. The Bertz CT molecular complexity index is 1480. The molecule has 2 heterocycles. The summed E-state index contributed by atoms with van der Waals surface area (Å²) in [7, 11) is 0. The van der Waals surface area contributed by atoms with Gasteiger partial charge in [-0.05, 0) is 69.0 Å². The number of carbonyl (C=O) groups excluding carboxylic acids is 3. The maximum absolute atomic E-state index is 15.0. The van der Waals surface area contributed by atoms with Crippen molar-refractivity contribution in [1.82, 2.24) is 9.88 Å². The number of nitrogens with zero attached hydrogens (tertiary/aromatic N) is 2. The molecule has 1 fully saturated rings. The highest BCUT2D eigenvalue weighted by Crippen LogP contribution is 2.31. The van der Waals surface area contributed by atoms with Crippen LogP contribution in [0.25, 0.3) is 0 Å². The van der Waals surface area contributed by atoms with E-state index in [1.165, 1.54) is 35.4 Å². The lowest BCUT2D eigenvalue weighted by Gasteiger charge is -2.38. The first-order valence-electron chi connectivity index (χ1n) is 14.0. The number of pyridine rings is 1. The minimum atomic E-state index is -0.842. The van der Waals surface area contributed by atoms with E-state index in [9.17, 15) is 31.9 Å². The van der Waals surface area contributed by atoms with Gasteiger partial charge in [0.15, 0.2) is 0 Å². The normalized spacial score (nSPS) is 17.6. The van der Waals surface area contributed by atoms with Crippen LogP contribution >= 0.6 is 0 Å². The Morgan fingerprint density at radius 1 is 1.05 bits per heavy atom. The number of ether oxygens (including phenoxy) is 2. The largest absolute Gasteiger partial charge is 0.444 e. The molecular weight excluding hydrogens is 582 g/mol. The van der Waals surface area contributed by atoms with Crippen LogP contribution in [-0.4, -0.2) is 59.1 Å². The van der Waals surface area contributed by atoms with Gasteiger partial charge in [0.2, 0.25) is 5.91 Å². The highest BCUT2D eigenvalue weighted by Gasteiger charge is 2.35. The average Bonchev–Trinajstić information content (AvgIpc) is 2.94. The van der Waals surface area contributed by atoms with Crippen molar-refractivity contribution in [2.75, 3.05) is 18.5 Å². The first kappa shape index (κ1) is 32.6. The summed E-state index contributed by atoms with van der Waals surface area (Å²) in [5.74, 6) is -4.31. The van der Waals surface area contributed by atoms with Gasteiger partial charge in [0.25, 0.3) is 0 Å². The Hall–Kier alpha value is -4.32. The molecule has 3 unspecified atom stereocenters. The van der Waals surface area contributed by atoms with E-state index in [0.29, 0.717) is 17.9 Å². The molecule has 3 atom stereocenters. The van der Waals surface area contributed by atoms with Gasteiger partial charge in [0, 0.05) is 24.0 Å². The molecule has 1 aliphatic rings. The van der Waals surface area contributed by atoms with Crippen LogP contribution in [0.2, 0.25) is 0 Å². The van der Waals surface area contributed by atoms with E-state index in [4.69, 9.17) is 9.47 Å². The molecule has 1 aromatic heterocycles. The lowest BCUT2D eigenvalue weighted by molar-refractivity contribution is -0.123. The fourth-order valence-corrected chi connectivity index (χ4v) is 4.97. The van der Waals surface area contributed by atoms with Gasteiger partial charge in [-0.25, -0.2) is 22.4 Å². The highest BCUT2D eigenvalue weighted by atomic mass is 19.1. The Morgan fingerprint density at radius 3 is 2.36 bits per heavy atom. The standard InChI is InChI=1S/C32H33F4N3O5/c1-32(2,3)44-31(42)39-16-25(43-18-24(39)17-40)8-9-26-28(36)14-37-15-29(26)38-30(41)13-27(19-4-6-21(33)7-5-19)20-10-22(34)12-23(35)11-20/h4-7,10-12,14-15,17,24-25,27H,8-9,13,16,18H2,1-3H3,(H,38,41). The Morgan fingerprint density at radius 2 is 1.73 bits per heavy atom. The molecule has 44 heavy (non-hydrogen) atoms. The Balaban J connectivity index is 1.49. The van der Waals surface area contributed by atoms with Crippen LogP contribution in [0.4, 0.5) is 28.0 Å². The van der Waals surface area contributed by atoms with Gasteiger partial charge < -0.3 is 19.6 Å². The number of aldehydes is 1. The number of hydrogen-bond donors (Lipinski definition) is 1. The zero-order valence-corrected chi connectivity index (χ0v) is 24.5. The number of aromatic nitrogens is 1. The number of amides is 2. The van der Waals surface area contributed by atoms with Crippen molar-refractivity contribution in [2.24, 2.45) is 0 Å². The fourth-order valence-electron chi connectivity index (χ4n) is 4.97. The summed E-state index contributed by atoms with van der Waals surface area (Å²) in [6.07, 6.45) is 1.68. The van der Waals surface area contributed by atoms with E-state index in [1.54, 1.807) is 20.8 Å². The van der Waals surface area contributed by atoms with Gasteiger partial charge in [-0.2, -0.15) is 0 Å². The number of halogens is 4. The van der Waals surface area contributed by atoms with E-state index in [-0.39, 0.29) is 49.2 Å². The predicted octanol–water partition coefficient (Wildman–Crippen LogP) is 5.93. The van der Waals surface area contributed by atoms with Crippen molar-refractivity contribution in [1.29, 1.82) is 0 Å². The zero-order valence-electron chi connectivity index (χ0n) is 24.5. The maximum atomic E-state index is 15.0. The molecule has 1 N–H and O–H groups in total. The molecule has 2 amide bonds. The summed E-state index contributed by atoms with van der Waals surface area (Å²) < 4.78 is 67.9. The third-order valence-corrected chi connectivity index (χ3v) is 7.03. The van der Waals surface area contributed by atoms with Crippen LogP contribution < -0.4 is 5.32 Å². The van der Waals surface area contributed by atoms with Gasteiger partial charge in [-0.3, -0.25) is 14.7 Å². The summed E-state index contributed by atoms with van der Waals surface area (Å²) in [5.41, 5.74) is 0.0583. The number of morpholine rings is 1. The third-order valence-electron chi connectivity index (χ3n) is 7.03. The first-order chi connectivity index (χ1) is 20.8. The van der Waals surface area contributed by atoms with E-state index in [1.807, 2.05) is 0 Å². The number of carbonyl (C=O) groups is 3. The molecule has 0 aliphatic carbocycles. The number of anilines is 1. The van der Waals surface area contributed by atoms with E-state index < -0.39 is 58.9 Å². The van der Waals surface area contributed by atoms with Gasteiger partial charge in [0.1, 0.15) is 41.2 Å². The van der Waals surface area contributed by atoms with Crippen LogP contribution in [0.5, 0.6) is 0 Å². The molecule has 1 aliphatic heterocycles. The monoisotopic (exact) mass is 615 g/mol. The lowest BCUT2D eigenvalue weighted by atomic mass is 9.88. The van der Waals surface area contributed by atoms with Crippen molar-refractivity contribution >= 4 is 24.0 Å². The summed E-state index contributed by atoms with van der Waals surface area (Å²) in [6.45, 7) is 5.11. The second kappa shape index (κ2) is 14.0. The van der Waals surface area contributed by atoms with Crippen molar-refractivity contribution in [3.8, 4) is 0 Å². The van der Waals surface area contributed by atoms with Crippen molar-refractivity contribution in [3.05, 3.63) is 94.8 Å². The summed E-state index contributed by atoms with van der Waals surface area (Å²) in [5, 5.41) is 2.64. The third kappa shape index (κ3) is 8.62. The van der Waals surface area contributed by atoms with Crippen molar-refractivity contribution < 1.29 is 41.4 Å². The highest BCUT2D eigenvalue weighted by molar-refractivity contribution is 5.92. The number of rotatable bonds is 9. The minimum absolute atomic E-state index is 0.0380. The quantitative estimate of drug-likeness (QED) is 0.237. The molecule has 0 radical (unpaired) electrons. The number of benzene rings is 2. The van der Waals surface area contributed by atoms with E-state index in [2.05, 4.69) is 10.3 Å². The SMILES string of the molecule is CC(C)(C)OC(=O)N1CC(CCc2c(F)cncc2NC(=O)CC(c2ccc(F)cc2)c2cc(F)cc(F)c2)OCC1C=O. The van der Waals surface area contributed by atoms with E-state index >= 15 is 0 Å². The second-order valence-electron chi connectivity index (χ2n) is 11.5. The van der Waals surface area contributed by atoms with Gasteiger partial charge in [-0.1, -0.05) is 12.1 Å². The van der Waals surface area contributed by atoms with Gasteiger partial charge in [0.05, 0.1) is 37.3 Å². The molecular formula is C32H33F4N3O5. The van der Waals surface area contributed by atoms with Crippen LogP contribution in [0, 0.1) is 23.3 Å². The molecule has 234 valence electrons. The molecule has 12 heteroatoms. The smallest absolute Gasteiger partial charge is 0.411 e. The predicted molar refractivity (Wildman–Crippen MR) is 153 cm³/mol. The summed E-state index contributed by atoms with van der Waals surface area (Å²) in [4.78, 5) is 42.6. The topological polar surface area (TPSA) is 97.8 Å². The molecule has 3 aromatic rings. The van der Waals surface area contributed by atoms with Crippen LogP contribution in [0.3, 0.4) is 0 Å². The lowest BCUT2D eigenvalue weighted by Crippen LogP contribution is -2.54. The maximum Gasteiger partial charge on any atom is 0.411 e. The zero-order chi connectivity index (χ0) is 32.0. The van der Waals surface area contributed by atoms with Crippen molar-refractivity contribution in [2.45, 2.75) is 63.7 Å². The van der Waals surface area contributed by atoms with Crippen LogP contribution in [0.1, 0.15) is 56.2 Å².